The van der Waals surface area contributed by atoms with Crippen LogP contribution in [0.25, 0.3) is 0 Å². The molecule has 2 N–H and O–H groups in total. The van der Waals surface area contributed by atoms with E-state index in [1.807, 2.05) is 11.8 Å². The monoisotopic (exact) mass is 366 g/mol. The van der Waals surface area contributed by atoms with E-state index in [4.69, 9.17) is 10.6 Å². The summed E-state index contributed by atoms with van der Waals surface area (Å²) in [4.78, 5) is 22.6. The molecule has 2 fully saturated rings. The summed E-state index contributed by atoms with van der Waals surface area (Å²) in [6.45, 7) is 2.57. The Morgan fingerprint density at radius 2 is 2.32 bits per heavy atom. The molecule has 0 aromatic heterocycles. The average Bonchev–Trinajstić information content (AvgIpc) is 2.94. The van der Waals surface area contributed by atoms with Gasteiger partial charge in [0, 0.05) is 28.4 Å². The highest BCUT2D eigenvalue weighted by atomic mass is 79.9. The van der Waals surface area contributed by atoms with Crippen molar-refractivity contribution in [3.63, 3.8) is 0 Å². The second kappa shape index (κ2) is 4.74. The van der Waals surface area contributed by atoms with E-state index >= 15 is 0 Å². The van der Waals surface area contributed by atoms with E-state index in [0.29, 0.717) is 11.3 Å². The van der Waals surface area contributed by atoms with Crippen molar-refractivity contribution >= 4 is 33.0 Å². The molecule has 4 rings (SSSR count). The number of piperidine rings is 1. The Morgan fingerprint density at radius 3 is 3.14 bits per heavy atom. The van der Waals surface area contributed by atoms with Gasteiger partial charge in [0.15, 0.2) is 0 Å². The van der Waals surface area contributed by atoms with E-state index in [2.05, 4.69) is 25.9 Å². The summed E-state index contributed by atoms with van der Waals surface area (Å²) in [5, 5.41) is 0. The summed E-state index contributed by atoms with van der Waals surface area (Å²) in [6.07, 6.45) is 6.83. The van der Waals surface area contributed by atoms with Crippen LogP contribution in [0.15, 0.2) is 33.8 Å². The summed E-state index contributed by atoms with van der Waals surface area (Å²) < 4.78 is 5.98. The maximum Gasteiger partial charge on any atom is 0.410 e. The van der Waals surface area contributed by atoms with Crippen molar-refractivity contribution < 1.29 is 14.1 Å². The molecule has 116 valence electrons. The third-order valence-corrected chi connectivity index (χ3v) is 5.61. The molecule has 0 bridgehead atoms. The number of amides is 1. The molecule has 4 heterocycles. The number of amidine groups is 1. The van der Waals surface area contributed by atoms with Crippen LogP contribution in [0.2, 0.25) is 0 Å². The van der Waals surface area contributed by atoms with Gasteiger partial charge in [-0.3, -0.25) is 4.99 Å². The van der Waals surface area contributed by atoms with Gasteiger partial charge in [-0.1, -0.05) is 0 Å². The molecule has 0 aliphatic carbocycles. The fourth-order valence-corrected chi connectivity index (χ4v) is 4.11. The Bertz CT molecular complexity index is 670. The highest BCUT2D eigenvalue weighted by Gasteiger charge is 2.48. The molecule has 2 saturated heterocycles. The number of hydrogen-bond donors (Lipinski definition) is 1. The number of nitrogens with two attached hydrogens (primary N) is 1. The zero-order valence-electron chi connectivity index (χ0n) is 12.1. The molecule has 1 amide bonds. The molecule has 0 radical (unpaired) electrons. The molecule has 1 unspecified atom stereocenters. The molecule has 8 heteroatoms. The van der Waals surface area contributed by atoms with Gasteiger partial charge in [-0.05, 0) is 19.8 Å². The quantitative estimate of drug-likeness (QED) is 0.436. The topological polar surface area (TPSA) is 80.3 Å². The van der Waals surface area contributed by atoms with Gasteiger partial charge in [0.1, 0.15) is 18.0 Å². The SMILES string of the molecule is C[C@@H]1OC(=O)N2C[C@H](C3=C4C=NC=C[N+]4(N)C(Br)=N3)CC[C@@H]12. The van der Waals surface area contributed by atoms with E-state index < -0.39 is 0 Å². The number of rotatable bonds is 1. The summed E-state index contributed by atoms with van der Waals surface area (Å²) in [5.41, 5.74) is 1.77. The van der Waals surface area contributed by atoms with Crippen molar-refractivity contribution in [2.45, 2.75) is 31.9 Å². The van der Waals surface area contributed by atoms with E-state index in [1.54, 1.807) is 18.6 Å². The minimum Gasteiger partial charge on any atom is -0.444 e. The first kappa shape index (κ1) is 14.1. The predicted molar refractivity (Wildman–Crippen MR) is 84.6 cm³/mol. The van der Waals surface area contributed by atoms with Crippen molar-refractivity contribution in [3.05, 3.63) is 23.8 Å². The molecule has 0 aromatic carbocycles. The Balaban J connectivity index is 1.66. The largest absolute Gasteiger partial charge is 0.444 e. The normalized spacial score (nSPS) is 39.8. The number of hydrogen-bond acceptors (Lipinski definition) is 5. The number of carbonyl (C=O) groups is 1. The van der Waals surface area contributed by atoms with Gasteiger partial charge in [0.25, 0.3) is 0 Å². The Morgan fingerprint density at radius 1 is 1.50 bits per heavy atom. The maximum absolute atomic E-state index is 12.0. The molecular weight excluding hydrogens is 350 g/mol. The van der Waals surface area contributed by atoms with Gasteiger partial charge in [-0.25, -0.2) is 4.79 Å². The van der Waals surface area contributed by atoms with Crippen molar-refractivity contribution in [1.82, 2.24) is 4.90 Å². The van der Waals surface area contributed by atoms with Crippen LogP contribution in [0.5, 0.6) is 0 Å². The van der Waals surface area contributed by atoms with Crippen LogP contribution in [0.1, 0.15) is 19.8 Å². The first-order valence-corrected chi connectivity index (χ1v) is 8.15. The minimum absolute atomic E-state index is 0.0135. The Kier molecular flexibility index (Phi) is 3.04. The van der Waals surface area contributed by atoms with Crippen LogP contribution >= 0.6 is 15.9 Å². The third kappa shape index (κ3) is 1.84. The molecular formula is C14H17BrN5O2+. The maximum atomic E-state index is 12.0. The van der Waals surface area contributed by atoms with Gasteiger partial charge in [-0.2, -0.15) is 10.8 Å². The fourth-order valence-electron chi connectivity index (χ4n) is 3.61. The number of aliphatic imine (C=N–C) groups is 2. The van der Waals surface area contributed by atoms with Crippen molar-refractivity contribution in [3.8, 4) is 0 Å². The lowest BCUT2D eigenvalue weighted by Gasteiger charge is -2.33. The van der Waals surface area contributed by atoms with Gasteiger partial charge >= 0.3 is 10.8 Å². The van der Waals surface area contributed by atoms with Crippen LogP contribution in [-0.4, -0.2) is 45.2 Å². The van der Waals surface area contributed by atoms with Crippen LogP contribution < -0.4 is 5.84 Å². The Labute approximate surface area is 136 Å². The standard InChI is InChI=1S/C14H17BrN5O2/c1-8-10-3-2-9(7-19(10)14(21)22-8)12-11-6-17-4-5-20(11,16)13(15)18-12/h4-6,8-10H,2-3,7,16H2,1H3/q+1/t8-,9+,10-,20?/m0/s1. The first-order chi connectivity index (χ1) is 10.5. The van der Waals surface area contributed by atoms with Gasteiger partial charge in [0.05, 0.1) is 18.5 Å². The third-order valence-electron chi connectivity index (χ3n) is 4.84. The first-order valence-electron chi connectivity index (χ1n) is 7.35. The van der Waals surface area contributed by atoms with Crippen molar-refractivity contribution in [1.29, 1.82) is 0 Å². The van der Waals surface area contributed by atoms with Gasteiger partial charge in [-0.15, -0.1) is 4.59 Å². The number of carbonyl (C=O) groups excluding carboxylic acids is 1. The zero-order valence-corrected chi connectivity index (χ0v) is 13.7. The molecule has 4 atom stereocenters. The number of halogens is 1. The fraction of sp³-hybridized carbons (Fsp3) is 0.500. The van der Waals surface area contributed by atoms with Crippen LogP contribution in [0.4, 0.5) is 4.79 Å². The summed E-state index contributed by atoms with van der Waals surface area (Å²) in [7, 11) is 0. The molecule has 4 aliphatic heterocycles. The molecule has 0 spiro atoms. The van der Waals surface area contributed by atoms with E-state index in [0.717, 1.165) is 24.2 Å². The molecule has 7 nitrogen and oxygen atoms in total. The van der Waals surface area contributed by atoms with E-state index in [-0.39, 0.29) is 28.7 Å². The Hall–Kier alpha value is -1.51. The van der Waals surface area contributed by atoms with Crippen LogP contribution in [0, 0.1) is 5.92 Å². The molecule has 22 heavy (non-hydrogen) atoms. The molecule has 0 saturated carbocycles. The lowest BCUT2D eigenvalue weighted by atomic mass is 9.88. The summed E-state index contributed by atoms with van der Waals surface area (Å²) in [5.74, 6) is 6.53. The lowest BCUT2D eigenvalue weighted by Crippen LogP contribution is -2.50. The van der Waals surface area contributed by atoms with Crippen LogP contribution in [-0.2, 0) is 4.74 Å². The predicted octanol–water partition coefficient (Wildman–Crippen LogP) is 1.83. The van der Waals surface area contributed by atoms with Gasteiger partial charge < -0.3 is 9.64 Å². The molecule has 0 aromatic rings. The molecule has 4 aliphatic rings. The second-order valence-electron chi connectivity index (χ2n) is 6.09. The highest BCUT2D eigenvalue weighted by Crippen LogP contribution is 2.40. The van der Waals surface area contributed by atoms with Crippen molar-refractivity contribution in [2.24, 2.45) is 21.7 Å². The van der Waals surface area contributed by atoms with Crippen molar-refractivity contribution in [2.75, 3.05) is 6.54 Å². The number of cyclic esters (lactones) is 1. The number of quaternary nitrogens is 1. The second-order valence-corrected chi connectivity index (χ2v) is 6.80. The lowest BCUT2D eigenvalue weighted by molar-refractivity contribution is -0.746. The summed E-state index contributed by atoms with van der Waals surface area (Å²) >= 11 is 3.46. The zero-order chi connectivity index (χ0) is 15.5. The van der Waals surface area contributed by atoms with Crippen LogP contribution in [0.3, 0.4) is 0 Å². The van der Waals surface area contributed by atoms with E-state index in [1.165, 1.54) is 0 Å². The number of nitrogens with zero attached hydrogens (tertiary/aromatic N) is 4. The number of allylic oxidation sites excluding steroid dienone is 1. The smallest absolute Gasteiger partial charge is 0.410 e. The summed E-state index contributed by atoms with van der Waals surface area (Å²) in [6, 6.07) is 0.181. The van der Waals surface area contributed by atoms with Gasteiger partial charge in [0.2, 0.25) is 5.70 Å². The average molecular weight is 367 g/mol. The minimum atomic E-state index is -0.223. The number of ether oxygens (including phenoxy) is 1. The number of fused-ring (bicyclic) bond motifs is 2. The highest BCUT2D eigenvalue weighted by molar-refractivity contribution is 9.18. The van der Waals surface area contributed by atoms with E-state index in [9.17, 15) is 4.79 Å².